The molecule has 0 unspecified atom stereocenters. The Labute approximate surface area is 101 Å². The van der Waals surface area contributed by atoms with E-state index < -0.39 is 17.7 Å². The Morgan fingerprint density at radius 1 is 1.39 bits per heavy atom. The van der Waals surface area contributed by atoms with E-state index in [0.29, 0.717) is 12.7 Å². The average molecular weight is 263 g/mol. The number of ether oxygens (including phenoxy) is 1. The maximum Gasteiger partial charge on any atom is 0.426 e. The summed E-state index contributed by atoms with van der Waals surface area (Å²) in [4.78, 5) is 11.4. The standard InChI is InChI=1S/C11H12F3NO3/c1-10(17,11(12,13)14)9(16)15-7-4-3-5-8(6-7)18-2/h3-6,17H,1-2H3,(H,15,16)/t10-/m1/s1. The number of benzene rings is 1. The lowest BCUT2D eigenvalue weighted by molar-refractivity contribution is -0.242. The van der Waals surface area contributed by atoms with Gasteiger partial charge in [-0.2, -0.15) is 13.2 Å². The Morgan fingerprint density at radius 3 is 2.50 bits per heavy atom. The Hall–Kier alpha value is -1.76. The second-order valence-electron chi connectivity index (χ2n) is 3.76. The minimum absolute atomic E-state index is 0.101. The van der Waals surface area contributed by atoms with Crippen LogP contribution in [0.15, 0.2) is 24.3 Å². The molecule has 1 amide bonds. The first kappa shape index (κ1) is 14.3. The van der Waals surface area contributed by atoms with Gasteiger partial charge in [0.2, 0.25) is 5.60 Å². The van der Waals surface area contributed by atoms with Gasteiger partial charge in [0.15, 0.2) is 0 Å². The monoisotopic (exact) mass is 263 g/mol. The van der Waals surface area contributed by atoms with Crippen molar-refractivity contribution in [2.24, 2.45) is 0 Å². The molecule has 1 aromatic rings. The van der Waals surface area contributed by atoms with E-state index in [0.717, 1.165) is 0 Å². The number of amides is 1. The van der Waals surface area contributed by atoms with E-state index >= 15 is 0 Å². The van der Waals surface area contributed by atoms with Crippen LogP contribution in [0.3, 0.4) is 0 Å². The van der Waals surface area contributed by atoms with E-state index in [4.69, 9.17) is 9.84 Å². The van der Waals surface area contributed by atoms with Crippen molar-refractivity contribution in [2.45, 2.75) is 18.7 Å². The normalized spacial score (nSPS) is 14.8. The molecule has 1 aromatic carbocycles. The third kappa shape index (κ3) is 2.92. The Kier molecular flexibility index (Phi) is 3.85. The number of nitrogens with one attached hydrogen (secondary N) is 1. The molecule has 1 atom stereocenters. The van der Waals surface area contributed by atoms with Gasteiger partial charge >= 0.3 is 6.18 Å². The number of aliphatic hydroxyl groups is 1. The molecule has 0 fully saturated rings. The van der Waals surface area contributed by atoms with Crippen LogP contribution < -0.4 is 10.1 Å². The van der Waals surface area contributed by atoms with Gasteiger partial charge in [-0.1, -0.05) is 6.07 Å². The summed E-state index contributed by atoms with van der Waals surface area (Å²) < 4.78 is 42.0. The van der Waals surface area contributed by atoms with Crippen molar-refractivity contribution >= 4 is 11.6 Å². The van der Waals surface area contributed by atoms with Gasteiger partial charge < -0.3 is 15.2 Å². The van der Waals surface area contributed by atoms with Crippen molar-refractivity contribution < 1.29 is 27.8 Å². The van der Waals surface area contributed by atoms with Crippen LogP contribution in [0.4, 0.5) is 18.9 Å². The summed E-state index contributed by atoms with van der Waals surface area (Å²) in [5.74, 6) is -1.18. The molecule has 0 heterocycles. The van der Waals surface area contributed by atoms with Crippen LogP contribution in [0.2, 0.25) is 0 Å². The van der Waals surface area contributed by atoms with Gasteiger partial charge in [0, 0.05) is 11.8 Å². The molecule has 0 saturated carbocycles. The SMILES string of the molecule is COc1cccc(NC(=O)[C@@](C)(O)C(F)(F)F)c1. The lowest BCUT2D eigenvalue weighted by Crippen LogP contribution is -2.52. The third-order valence-corrected chi connectivity index (χ3v) is 2.32. The molecule has 0 radical (unpaired) electrons. The maximum atomic E-state index is 12.4. The first-order chi connectivity index (χ1) is 8.18. The minimum Gasteiger partial charge on any atom is -0.497 e. The Bertz CT molecular complexity index is 443. The third-order valence-electron chi connectivity index (χ3n) is 2.32. The average Bonchev–Trinajstić information content (AvgIpc) is 2.27. The number of hydrogen-bond acceptors (Lipinski definition) is 3. The van der Waals surface area contributed by atoms with Gasteiger partial charge in [-0.05, 0) is 19.1 Å². The lowest BCUT2D eigenvalue weighted by atomic mass is 10.1. The second-order valence-corrected chi connectivity index (χ2v) is 3.76. The Morgan fingerprint density at radius 2 is 2.00 bits per heavy atom. The summed E-state index contributed by atoms with van der Waals surface area (Å²) in [6, 6.07) is 5.78. The zero-order chi connectivity index (χ0) is 14.0. The molecule has 18 heavy (non-hydrogen) atoms. The lowest BCUT2D eigenvalue weighted by Gasteiger charge is -2.24. The molecule has 0 aliphatic heterocycles. The number of carbonyl (C=O) groups excluding carboxylic acids is 1. The van der Waals surface area contributed by atoms with Crippen LogP contribution in [0.1, 0.15) is 6.92 Å². The van der Waals surface area contributed by atoms with Crippen molar-refractivity contribution in [2.75, 3.05) is 12.4 Å². The van der Waals surface area contributed by atoms with Gasteiger partial charge in [0.1, 0.15) is 5.75 Å². The highest BCUT2D eigenvalue weighted by Crippen LogP contribution is 2.31. The van der Waals surface area contributed by atoms with E-state index in [1.807, 2.05) is 5.32 Å². The van der Waals surface area contributed by atoms with Gasteiger partial charge in [-0.15, -0.1) is 0 Å². The van der Waals surface area contributed by atoms with Gasteiger partial charge in [0.25, 0.3) is 5.91 Å². The summed E-state index contributed by atoms with van der Waals surface area (Å²) in [6.07, 6.45) is -5.05. The molecule has 0 spiro atoms. The van der Waals surface area contributed by atoms with Crippen molar-refractivity contribution in [3.63, 3.8) is 0 Å². The first-order valence-corrected chi connectivity index (χ1v) is 4.93. The van der Waals surface area contributed by atoms with Crippen molar-refractivity contribution in [3.05, 3.63) is 24.3 Å². The molecule has 7 heteroatoms. The van der Waals surface area contributed by atoms with Gasteiger partial charge in [0.05, 0.1) is 7.11 Å². The Balaban J connectivity index is 2.88. The number of halogens is 3. The zero-order valence-electron chi connectivity index (χ0n) is 9.71. The highest BCUT2D eigenvalue weighted by Gasteiger charge is 2.55. The van der Waals surface area contributed by atoms with Crippen molar-refractivity contribution in [1.82, 2.24) is 0 Å². The van der Waals surface area contributed by atoms with Gasteiger partial charge in [-0.25, -0.2) is 0 Å². The molecule has 1 rings (SSSR count). The number of rotatable bonds is 3. The highest BCUT2D eigenvalue weighted by atomic mass is 19.4. The molecule has 2 N–H and O–H groups in total. The predicted molar refractivity (Wildman–Crippen MR) is 58.3 cm³/mol. The van der Waals surface area contributed by atoms with Crippen molar-refractivity contribution in [1.29, 1.82) is 0 Å². The molecule has 100 valence electrons. The molecular formula is C11H12F3NO3. The van der Waals surface area contributed by atoms with E-state index in [1.165, 1.54) is 25.3 Å². The summed E-state index contributed by atoms with van der Waals surface area (Å²) in [6.45, 7) is 0.391. The summed E-state index contributed by atoms with van der Waals surface area (Å²) in [5.41, 5.74) is -3.35. The fraction of sp³-hybridized carbons (Fsp3) is 0.364. The van der Waals surface area contributed by atoms with Crippen LogP contribution in [-0.4, -0.2) is 29.9 Å². The highest BCUT2D eigenvalue weighted by molar-refractivity contribution is 5.97. The molecule has 0 aliphatic carbocycles. The number of carbonyl (C=O) groups is 1. The van der Waals surface area contributed by atoms with Crippen LogP contribution in [-0.2, 0) is 4.79 Å². The number of anilines is 1. The van der Waals surface area contributed by atoms with Crippen LogP contribution in [0.5, 0.6) is 5.75 Å². The first-order valence-electron chi connectivity index (χ1n) is 4.93. The van der Waals surface area contributed by atoms with Gasteiger partial charge in [-0.3, -0.25) is 4.79 Å². The van der Waals surface area contributed by atoms with E-state index in [2.05, 4.69) is 0 Å². The van der Waals surface area contributed by atoms with E-state index in [9.17, 15) is 18.0 Å². The number of hydrogen-bond donors (Lipinski definition) is 2. The summed E-state index contributed by atoms with van der Waals surface area (Å²) in [7, 11) is 1.38. The van der Waals surface area contributed by atoms with Crippen LogP contribution >= 0.6 is 0 Å². The number of methoxy groups -OCH3 is 1. The summed E-state index contributed by atoms with van der Waals surface area (Å²) in [5, 5.41) is 11.1. The van der Waals surface area contributed by atoms with Crippen molar-refractivity contribution in [3.8, 4) is 5.75 Å². The van der Waals surface area contributed by atoms with E-state index in [-0.39, 0.29) is 5.69 Å². The fourth-order valence-electron chi connectivity index (χ4n) is 1.08. The molecular weight excluding hydrogens is 251 g/mol. The van der Waals surface area contributed by atoms with Crippen LogP contribution in [0, 0.1) is 0 Å². The maximum absolute atomic E-state index is 12.4. The largest absolute Gasteiger partial charge is 0.497 e. The topological polar surface area (TPSA) is 58.6 Å². The quantitative estimate of drug-likeness (QED) is 0.876. The molecule has 0 aliphatic rings. The minimum atomic E-state index is -5.05. The number of alkyl halides is 3. The molecule has 0 saturated heterocycles. The summed E-state index contributed by atoms with van der Waals surface area (Å²) >= 11 is 0. The predicted octanol–water partition coefficient (Wildman–Crippen LogP) is 1.95. The molecule has 0 bridgehead atoms. The second kappa shape index (κ2) is 4.85. The smallest absolute Gasteiger partial charge is 0.426 e. The fourth-order valence-corrected chi connectivity index (χ4v) is 1.08. The molecule has 4 nitrogen and oxygen atoms in total. The molecule has 0 aromatic heterocycles. The van der Waals surface area contributed by atoms with E-state index in [1.54, 1.807) is 6.07 Å². The van der Waals surface area contributed by atoms with Crippen LogP contribution in [0.25, 0.3) is 0 Å². The zero-order valence-corrected chi connectivity index (χ0v) is 9.71.